The Morgan fingerprint density at radius 3 is 2.51 bits per heavy atom. The van der Waals surface area contributed by atoms with Crippen molar-refractivity contribution >= 4 is 40.4 Å². The van der Waals surface area contributed by atoms with Crippen molar-refractivity contribution in [3.63, 3.8) is 0 Å². The molecule has 2 fully saturated rings. The van der Waals surface area contributed by atoms with Crippen LogP contribution in [0.25, 0.3) is 22.2 Å². The highest BCUT2D eigenvalue weighted by Crippen LogP contribution is 2.33. The number of aromatic nitrogens is 5. The SMILES string of the molecule is COCCOC(=O)N[C@@H]1CC[C@@H](n2c(=O)n(C)c3cnc(Nc4cc(NC(=O)OC5CCC5)cc(-c5cnn(C)c5)c4)cc32)C1. The highest BCUT2D eigenvalue weighted by Gasteiger charge is 2.30. The van der Waals surface area contributed by atoms with Gasteiger partial charge in [0.2, 0.25) is 0 Å². The molecule has 14 nitrogen and oxygen atoms in total. The van der Waals surface area contributed by atoms with Crippen LogP contribution in [0, 0.1) is 0 Å². The molecule has 4 aromatic rings. The Balaban J connectivity index is 1.24. The number of fused-ring (bicyclic) bond motifs is 1. The molecule has 2 atom stereocenters. The number of benzene rings is 1. The van der Waals surface area contributed by atoms with E-state index in [1.54, 1.807) is 40.4 Å². The van der Waals surface area contributed by atoms with Gasteiger partial charge in [0.1, 0.15) is 18.5 Å². The molecule has 0 radical (unpaired) electrons. The molecule has 2 amide bonds. The number of rotatable bonds is 10. The van der Waals surface area contributed by atoms with Crippen LogP contribution in [-0.4, -0.2) is 68.6 Å². The van der Waals surface area contributed by atoms with Crippen molar-refractivity contribution in [3.05, 3.63) is 53.3 Å². The molecule has 0 aliphatic heterocycles. The summed E-state index contributed by atoms with van der Waals surface area (Å²) < 4.78 is 20.7. The molecule has 0 bridgehead atoms. The van der Waals surface area contributed by atoms with E-state index in [1.807, 2.05) is 37.5 Å². The number of alkyl carbamates (subject to hydrolysis) is 1. The molecule has 0 spiro atoms. The van der Waals surface area contributed by atoms with E-state index in [2.05, 4.69) is 26.0 Å². The predicted octanol–water partition coefficient (Wildman–Crippen LogP) is 4.45. The maximum atomic E-state index is 13.4. The quantitative estimate of drug-likeness (QED) is 0.219. The van der Waals surface area contributed by atoms with Gasteiger partial charge in [0.15, 0.2) is 0 Å². The second kappa shape index (κ2) is 13.0. The third-order valence-electron chi connectivity index (χ3n) is 8.40. The minimum atomic E-state index is -0.491. The van der Waals surface area contributed by atoms with E-state index >= 15 is 0 Å². The fraction of sp³-hybridized carbons (Fsp3) is 0.452. The van der Waals surface area contributed by atoms with Gasteiger partial charge in [-0.05, 0) is 62.3 Å². The molecule has 2 aliphatic rings. The van der Waals surface area contributed by atoms with E-state index in [9.17, 15) is 14.4 Å². The summed E-state index contributed by atoms with van der Waals surface area (Å²) in [6.07, 6.45) is 9.19. The monoisotopic (exact) mass is 618 g/mol. The molecule has 3 N–H and O–H groups in total. The number of pyridine rings is 1. The van der Waals surface area contributed by atoms with Gasteiger partial charge >= 0.3 is 17.9 Å². The van der Waals surface area contributed by atoms with Gasteiger partial charge in [0, 0.05) is 62.5 Å². The topological polar surface area (TPSA) is 156 Å². The van der Waals surface area contributed by atoms with E-state index in [-0.39, 0.29) is 30.5 Å². The maximum Gasteiger partial charge on any atom is 0.411 e. The third-order valence-corrected chi connectivity index (χ3v) is 8.40. The zero-order valence-electron chi connectivity index (χ0n) is 25.6. The number of hydrogen-bond donors (Lipinski definition) is 3. The summed E-state index contributed by atoms with van der Waals surface area (Å²) in [6, 6.07) is 7.27. The first-order valence-corrected chi connectivity index (χ1v) is 15.2. The number of ether oxygens (including phenoxy) is 3. The van der Waals surface area contributed by atoms with E-state index in [1.165, 1.54) is 0 Å². The summed E-state index contributed by atoms with van der Waals surface area (Å²) in [4.78, 5) is 42.7. The minimum absolute atomic E-state index is 0.0378. The van der Waals surface area contributed by atoms with Gasteiger partial charge in [0.05, 0.1) is 30.0 Å². The van der Waals surface area contributed by atoms with Gasteiger partial charge in [-0.25, -0.2) is 19.4 Å². The number of methoxy groups -OCH3 is 1. The van der Waals surface area contributed by atoms with Crippen LogP contribution in [0.4, 0.5) is 26.8 Å². The zero-order valence-corrected chi connectivity index (χ0v) is 25.6. The lowest BCUT2D eigenvalue weighted by Crippen LogP contribution is -2.34. The number of anilines is 3. The van der Waals surface area contributed by atoms with Crippen molar-refractivity contribution in [2.24, 2.45) is 14.1 Å². The number of carbonyl (C=O) groups excluding carboxylic acids is 2. The predicted molar refractivity (Wildman–Crippen MR) is 168 cm³/mol. The van der Waals surface area contributed by atoms with Gasteiger partial charge in [0.25, 0.3) is 0 Å². The Kier molecular flexibility index (Phi) is 8.74. The Bertz CT molecular complexity index is 1760. The third kappa shape index (κ3) is 6.80. The van der Waals surface area contributed by atoms with Crippen molar-refractivity contribution < 1.29 is 23.8 Å². The Hall–Kier alpha value is -4.85. The molecule has 238 valence electrons. The summed E-state index contributed by atoms with van der Waals surface area (Å²) in [5.41, 5.74) is 4.26. The molecule has 2 saturated carbocycles. The number of amides is 2. The minimum Gasteiger partial charge on any atom is -0.447 e. The van der Waals surface area contributed by atoms with Crippen molar-refractivity contribution in [2.75, 3.05) is 31.0 Å². The number of nitrogens with one attached hydrogen (secondary N) is 3. The fourth-order valence-corrected chi connectivity index (χ4v) is 5.87. The Labute approximate surface area is 259 Å². The fourth-order valence-electron chi connectivity index (χ4n) is 5.87. The number of hydrogen-bond acceptors (Lipinski definition) is 9. The first-order valence-electron chi connectivity index (χ1n) is 15.2. The van der Waals surface area contributed by atoms with Crippen molar-refractivity contribution in [1.82, 2.24) is 29.2 Å². The average Bonchev–Trinajstić information content (AvgIpc) is 3.69. The summed E-state index contributed by atoms with van der Waals surface area (Å²) in [6.45, 7) is 0.506. The molecule has 45 heavy (non-hydrogen) atoms. The lowest BCUT2D eigenvalue weighted by molar-refractivity contribution is 0.0624. The Morgan fingerprint density at radius 1 is 0.956 bits per heavy atom. The van der Waals surface area contributed by atoms with Crippen LogP contribution in [0.5, 0.6) is 0 Å². The second-order valence-corrected chi connectivity index (χ2v) is 11.6. The number of nitrogens with zero attached hydrogens (tertiary/aromatic N) is 5. The normalized spacial score (nSPS) is 18.0. The average molecular weight is 619 g/mol. The highest BCUT2D eigenvalue weighted by atomic mass is 16.6. The number of imidazole rings is 1. The van der Waals surface area contributed by atoms with Crippen molar-refractivity contribution in [3.8, 4) is 11.1 Å². The summed E-state index contributed by atoms with van der Waals surface area (Å²) >= 11 is 0. The van der Waals surface area contributed by atoms with Gasteiger partial charge in [-0.3, -0.25) is 19.1 Å². The standard InChI is InChI=1S/C31H38N8O6/c1-37-18-20(16-33-37)19-11-22(13-23(12-19)36-30(41)45-25-5-4-6-25)34-28-15-26-27(17-32-28)38(2)31(42)39(26)24-8-7-21(14-24)35-29(40)44-10-9-43-3/h11-13,15-18,21,24-25H,4-10,14H2,1-3H3,(H,32,34)(H,35,40)(H,36,41)/t21-,24-/m1/s1. The van der Waals surface area contributed by atoms with Crippen LogP contribution in [0.2, 0.25) is 0 Å². The first kappa shape index (κ1) is 30.2. The van der Waals surface area contributed by atoms with Crippen LogP contribution < -0.4 is 21.6 Å². The van der Waals surface area contributed by atoms with Crippen LogP contribution >= 0.6 is 0 Å². The van der Waals surface area contributed by atoms with Crippen molar-refractivity contribution in [1.29, 1.82) is 0 Å². The lowest BCUT2D eigenvalue weighted by Gasteiger charge is -2.25. The molecular formula is C31H38N8O6. The van der Waals surface area contributed by atoms with Crippen LogP contribution in [-0.2, 0) is 28.3 Å². The molecular weight excluding hydrogens is 580 g/mol. The number of aryl methyl sites for hydroxylation is 2. The van der Waals surface area contributed by atoms with Gasteiger partial charge in [-0.1, -0.05) is 0 Å². The summed E-state index contributed by atoms with van der Waals surface area (Å²) in [5, 5.41) is 13.4. The van der Waals surface area contributed by atoms with E-state index in [4.69, 9.17) is 14.2 Å². The van der Waals surface area contributed by atoms with Gasteiger partial charge < -0.3 is 24.8 Å². The zero-order chi connectivity index (χ0) is 31.5. The number of carbonyl (C=O) groups is 2. The molecule has 3 aromatic heterocycles. The maximum absolute atomic E-state index is 13.4. The summed E-state index contributed by atoms with van der Waals surface area (Å²) in [5.74, 6) is 0.530. The van der Waals surface area contributed by atoms with Gasteiger partial charge in [-0.2, -0.15) is 5.10 Å². The largest absolute Gasteiger partial charge is 0.447 e. The smallest absolute Gasteiger partial charge is 0.411 e. The summed E-state index contributed by atoms with van der Waals surface area (Å²) in [7, 11) is 5.12. The second-order valence-electron chi connectivity index (χ2n) is 11.6. The van der Waals surface area contributed by atoms with Crippen LogP contribution in [0.1, 0.15) is 44.6 Å². The molecule has 1 aromatic carbocycles. The molecule has 0 unspecified atom stereocenters. The lowest BCUT2D eigenvalue weighted by atomic mass is 9.96. The van der Waals surface area contributed by atoms with E-state index < -0.39 is 12.2 Å². The Morgan fingerprint density at radius 2 is 1.78 bits per heavy atom. The van der Waals surface area contributed by atoms with Crippen LogP contribution in [0.3, 0.4) is 0 Å². The molecule has 2 aliphatic carbocycles. The molecule has 3 heterocycles. The van der Waals surface area contributed by atoms with Crippen LogP contribution in [0.15, 0.2) is 47.7 Å². The first-order chi connectivity index (χ1) is 21.8. The highest BCUT2D eigenvalue weighted by molar-refractivity contribution is 5.88. The van der Waals surface area contributed by atoms with E-state index in [0.717, 1.165) is 48.7 Å². The van der Waals surface area contributed by atoms with E-state index in [0.29, 0.717) is 35.7 Å². The van der Waals surface area contributed by atoms with Gasteiger partial charge in [-0.15, -0.1) is 0 Å². The molecule has 6 rings (SSSR count). The molecule has 0 saturated heterocycles. The molecule has 14 heteroatoms. The van der Waals surface area contributed by atoms with Crippen molar-refractivity contribution in [2.45, 2.75) is 56.7 Å².